The van der Waals surface area contributed by atoms with Crippen LogP contribution in [-0.2, 0) is 17.8 Å². The number of carbonyl (C=O) groups excluding carboxylic acids is 1. The zero-order chi connectivity index (χ0) is 23.5. The summed E-state index contributed by atoms with van der Waals surface area (Å²) in [6.45, 7) is 2.67. The highest BCUT2D eigenvalue weighted by atomic mass is 35.5. The molecule has 1 N–H and O–H groups in total. The summed E-state index contributed by atoms with van der Waals surface area (Å²) < 4.78 is 5.53. The lowest BCUT2D eigenvalue weighted by molar-refractivity contribution is -0.121. The van der Waals surface area contributed by atoms with E-state index in [9.17, 15) is 4.79 Å². The van der Waals surface area contributed by atoms with Gasteiger partial charge in [0.1, 0.15) is 5.69 Å². The highest BCUT2D eigenvalue weighted by molar-refractivity contribution is 6.42. The molecular formula is C27H25Cl2N3O2. The average Bonchev–Trinajstić information content (AvgIpc) is 3.38. The van der Waals surface area contributed by atoms with Crippen LogP contribution in [0.5, 0.6) is 0 Å². The predicted molar refractivity (Wildman–Crippen MR) is 136 cm³/mol. The Morgan fingerprint density at radius 2 is 1.85 bits per heavy atom. The lowest BCUT2D eigenvalue weighted by atomic mass is 10.0. The summed E-state index contributed by atoms with van der Waals surface area (Å²) in [5.41, 5.74) is 3.69. The summed E-state index contributed by atoms with van der Waals surface area (Å²) in [4.78, 5) is 20.1. The molecule has 174 valence electrons. The van der Waals surface area contributed by atoms with E-state index in [1.807, 2.05) is 60.7 Å². The molecule has 4 aromatic rings. The average molecular weight is 494 g/mol. The van der Waals surface area contributed by atoms with Crippen molar-refractivity contribution < 1.29 is 9.21 Å². The molecule has 0 saturated carbocycles. The Bertz CT molecular complexity index is 1300. The predicted octanol–water partition coefficient (Wildman–Crippen LogP) is 6.12. The number of rotatable bonds is 6. The lowest BCUT2D eigenvalue weighted by Crippen LogP contribution is -2.44. The van der Waals surface area contributed by atoms with Gasteiger partial charge in [-0.1, -0.05) is 47.5 Å². The second-order valence-corrected chi connectivity index (χ2v) is 9.52. The van der Waals surface area contributed by atoms with E-state index < -0.39 is 0 Å². The largest absolute Gasteiger partial charge is 0.463 e. The molecule has 0 spiro atoms. The maximum absolute atomic E-state index is 13.0. The van der Waals surface area contributed by atoms with E-state index in [0.29, 0.717) is 22.2 Å². The summed E-state index contributed by atoms with van der Waals surface area (Å²) in [6.07, 6.45) is 3.77. The fourth-order valence-electron chi connectivity index (χ4n) is 4.53. The standard InChI is InChI=1S/C27H25Cl2N3O2/c28-22-8-7-18(14-23(22)29)17-32-11-9-20(10-12-32)30-27(33)16-19-15-25(26-6-3-13-34-26)31-24-5-2-1-4-21(19)24/h1-8,13-15,20H,9-12,16-17H2,(H,30,33). The molecule has 0 aliphatic carbocycles. The van der Waals surface area contributed by atoms with Crippen LogP contribution in [0.1, 0.15) is 24.0 Å². The number of fused-ring (bicyclic) bond motifs is 1. The third-order valence-corrected chi connectivity index (χ3v) is 7.01. The van der Waals surface area contributed by atoms with Crippen LogP contribution in [0.4, 0.5) is 0 Å². The normalized spacial score (nSPS) is 15.0. The van der Waals surface area contributed by atoms with E-state index in [1.54, 1.807) is 6.26 Å². The number of aromatic nitrogens is 1. The highest BCUT2D eigenvalue weighted by Crippen LogP contribution is 2.26. The first kappa shape index (κ1) is 22.9. The molecule has 1 aliphatic heterocycles. The molecule has 0 unspecified atom stereocenters. The van der Waals surface area contributed by atoms with Crippen LogP contribution in [0, 0.1) is 0 Å². The van der Waals surface area contributed by atoms with Crippen LogP contribution in [0.3, 0.4) is 0 Å². The maximum atomic E-state index is 13.0. The highest BCUT2D eigenvalue weighted by Gasteiger charge is 2.21. The molecule has 0 atom stereocenters. The minimum Gasteiger partial charge on any atom is -0.463 e. The number of hydrogen-bond donors (Lipinski definition) is 1. The van der Waals surface area contributed by atoms with Gasteiger partial charge in [-0.2, -0.15) is 0 Å². The number of benzene rings is 2. The Morgan fingerprint density at radius 3 is 2.62 bits per heavy atom. The first-order chi connectivity index (χ1) is 16.5. The third-order valence-electron chi connectivity index (χ3n) is 6.27. The van der Waals surface area contributed by atoms with E-state index in [4.69, 9.17) is 32.6 Å². The molecule has 1 aliphatic rings. The number of hydrogen-bond acceptors (Lipinski definition) is 4. The Labute approximate surface area is 208 Å². The molecular weight excluding hydrogens is 469 g/mol. The second-order valence-electron chi connectivity index (χ2n) is 8.70. The van der Waals surface area contributed by atoms with Crippen LogP contribution in [0.2, 0.25) is 10.0 Å². The van der Waals surface area contributed by atoms with Crippen LogP contribution in [0.15, 0.2) is 71.3 Å². The van der Waals surface area contributed by atoms with Crippen molar-refractivity contribution >= 4 is 40.0 Å². The van der Waals surface area contributed by atoms with Crippen molar-refractivity contribution in [2.75, 3.05) is 13.1 Å². The van der Waals surface area contributed by atoms with Crippen LogP contribution in [-0.4, -0.2) is 34.9 Å². The van der Waals surface area contributed by atoms with E-state index in [1.165, 1.54) is 0 Å². The summed E-state index contributed by atoms with van der Waals surface area (Å²) >= 11 is 12.2. The van der Waals surface area contributed by atoms with Gasteiger partial charge in [0.25, 0.3) is 0 Å². The fraction of sp³-hybridized carbons (Fsp3) is 0.259. The Morgan fingerprint density at radius 1 is 1.03 bits per heavy atom. The molecule has 1 saturated heterocycles. The van der Waals surface area contributed by atoms with Gasteiger partial charge >= 0.3 is 0 Å². The number of piperidine rings is 1. The SMILES string of the molecule is O=C(Cc1cc(-c2ccco2)nc2ccccc12)NC1CCN(Cc2ccc(Cl)c(Cl)c2)CC1. The molecule has 0 bridgehead atoms. The minimum absolute atomic E-state index is 0.0321. The first-order valence-electron chi connectivity index (χ1n) is 11.4. The summed E-state index contributed by atoms with van der Waals surface area (Å²) in [5, 5.41) is 5.39. The number of nitrogens with zero attached hydrogens (tertiary/aromatic N) is 2. The van der Waals surface area contributed by atoms with Gasteiger partial charge in [-0.3, -0.25) is 9.69 Å². The third kappa shape index (κ3) is 5.27. The van der Waals surface area contributed by atoms with Crippen molar-refractivity contribution in [2.45, 2.75) is 31.8 Å². The first-order valence-corrected chi connectivity index (χ1v) is 12.2. The number of carbonyl (C=O) groups is 1. The number of amides is 1. The van der Waals surface area contributed by atoms with Crippen molar-refractivity contribution in [3.05, 3.63) is 88.1 Å². The van der Waals surface area contributed by atoms with Gasteiger partial charge in [-0.05, 0) is 60.4 Å². The van der Waals surface area contributed by atoms with Crippen molar-refractivity contribution in [2.24, 2.45) is 0 Å². The number of pyridine rings is 1. The lowest BCUT2D eigenvalue weighted by Gasteiger charge is -2.32. The van der Waals surface area contributed by atoms with Crippen LogP contribution >= 0.6 is 23.2 Å². The van der Waals surface area contributed by atoms with Crippen molar-refractivity contribution in [3.63, 3.8) is 0 Å². The van der Waals surface area contributed by atoms with Crippen molar-refractivity contribution in [1.82, 2.24) is 15.2 Å². The van der Waals surface area contributed by atoms with E-state index >= 15 is 0 Å². The number of halogens is 2. The zero-order valence-electron chi connectivity index (χ0n) is 18.6. The number of likely N-dealkylation sites (tertiary alicyclic amines) is 1. The monoisotopic (exact) mass is 493 g/mol. The van der Waals surface area contributed by atoms with Crippen molar-refractivity contribution in [3.8, 4) is 11.5 Å². The van der Waals surface area contributed by atoms with E-state index in [2.05, 4.69) is 10.2 Å². The van der Waals surface area contributed by atoms with E-state index in [0.717, 1.165) is 60.2 Å². The van der Waals surface area contributed by atoms with Crippen LogP contribution < -0.4 is 5.32 Å². The van der Waals surface area contributed by atoms with Gasteiger partial charge in [0, 0.05) is 31.1 Å². The zero-order valence-corrected chi connectivity index (χ0v) is 20.1. The molecule has 2 aromatic carbocycles. The quantitative estimate of drug-likeness (QED) is 0.351. The molecule has 1 fully saturated rings. The minimum atomic E-state index is 0.0321. The summed E-state index contributed by atoms with van der Waals surface area (Å²) in [6, 6.07) is 19.5. The van der Waals surface area contributed by atoms with E-state index in [-0.39, 0.29) is 11.9 Å². The Balaban J connectivity index is 1.21. The number of para-hydroxylation sites is 1. The van der Waals surface area contributed by atoms with Gasteiger partial charge < -0.3 is 9.73 Å². The smallest absolute Gasteiger partial charge is 0.224 e. The number of nitrogens with one attached hydrogen (secondary N) is 1. The molecule has 34 heavy (non-hydrogen) atoms. The molecule has 5 nitrogen and oxygen atoms in total. The van der Waals surface area contributed by atoms with Crippen LogP contribution in [0.25, 0.3) is 22.4 Å². The van der Waals surface area contributed by atoms with Gasteiger partial charge in [-0.25, -0.2) is 4.98 Å². The molecule has 1 amide bonds. The molecule has 5 rings (SSSR count). The van der Waals surface area contributed by atoms with Gasteiger partial charge in [0.05, 0.1) is 28.2 Å². The Kier molecular flexibility index (Phi) is 6.86. The number of furan rings is 1. The summed E-state index contributed by atoms with van der Waals surface area (Å²) in [5.74, 6) is 0.728. The second kappa shape index (κ2) is 10.2. The van der Waals surface area contributed by atoms with Crippen molar-refractivity contribution in [1.29, 1.82) is 0 Å². The fourth-order valence-corrected chi connectivity index (χ4v) is 4.85. The van der Waals surface area contributed by atoms with Gasteiger partial charge in [0.2, 0.25) is 5.91 Å². The molecule has 7 heteroatoms. The molecule has 0 radical (unpaired) electrons. The topological polar surface area (TPSA) is 58.4 Å². The summed E-state index contributed by atoms with van der Waals surface area (Å²) in [7, 11) is 0. The van der Waals surface area contributed by atoms with Gasteiger partial charge in [-0.15, -0.1) is 0 Å². The van der Waals surface area contributed by atoms with Gasteiger partial charge in [0.15, 0.2) is 5.76 Å². The molecule has 3 heterocycles. The molecule has 2 aromatic heterocycles. The Hall–Kier alpha value is -2.86. The maximum Gasteiger partial charge on any atom is 0.224 e.